The van der Waals surface area contributed by atoms with Crippen LogP contribution in [-0.4, -0.2) is 26.3 Å². The Morgan fingerprint density at radius 3 is 2.64 bits per heavy atom. The summed E-state index contributed by atoms with van der Waals surface area (Å²) in [6, 6.07) is 18.5. The third kappa shape index (κ3) is 3.32. The molecule has 3 nitrogen and oxygen atoms in total. The average molecular weight is 297 g/mol. The highest BCUT2D eigenvalue weighted by molar-refractivity contribution is 5.32. The Morgan fingerprint density at radius 2 is 1.82 bits per heavy atom. The lowest BCUT2D eigenvalue weighted by Gasteiger charge is -2.33. The maximum Gasteiger partial charge on any atom is 0.128 e. The lowest BCUT2D eigenvalue weighted by atomic mass is 9.91. The fourth-order valence-electron chi connectivity index (χ4n) is 2.89. The molecule has 0 saturated carbocycles. The largest absolute Gasteiger partial charge is 0.490 e. The molecular formula is C19H23NO2. The van der Waals surface area contributed by atoms with E-state index in [-0.39, 0.29) is 5.60 Å². The predicted molar refractivity (Wildman–Crippen MR) is 88.2 cm³/mol. The molecule has 3 rings (SSSR count). The first-order valence-electron chi connectivity index (χ1n) is 7.89. The number of nitrogens with one attached hydrogen (secondary N) is 1. The predicted octanol–water partition coefficient (Wildman–Crippen LogP) is 3.28. The summed E-state index contributed by atoms with van der Waals surface area (Å²) in [4.78, 5) is 0. The van der Waals surface area contributed by atoms with Crippen molar-refractivity contribution in [3.05, 3.63) is 65.7 Å². The molecule has 2 aromatic rings. The first-order chi connectivity index (χ1) is 10.8. The van der Waals surface area contributed by atoms with Crippen molar-refractivity contribution in [1.82, 2.24) is 5.32 Å². The molecular weight excluding hydrogens is 274 g/mol. The first kappa shape index (κ1) is 15.1. The highest BCUT2D eigenvalue weighted by Gasteiger charge is 2.35. The Kier molecular flexibility index (Phi) is 4.76. The van der Waals surface area contributed by atoms with Crippen molar-refractivity contribution in [2.24, 2.45) is 0 Å². The number of rotatable bonds is 4. The van der Waals surface area contributed by atoms with Crippen molar-refractivity contribution in [2.45, 2.75) is 18.9 Å². The molecule has 1 saturated heterocycles. The van der Waals surface area contributed by atoms with Gasteiger partial charge >= 0.3 is 0 Å². The fourth-order valence-corrected chi connectivity index (χ4v) is 2.89. The summed E-state index contributed by atoms with van der Waals surface area (Å²) in [6.07, 6.45) is 0.906. The van der Waals surface area contributed by atoms with Crippen LogP contribution in [0.2, 0.25) is 0 Å². The van der Waals surface area contributed by atoms with Crippen LogP contribution in [0.3, 0.4) is 0 Å². The molecule has 1 aliphatic heterocycles. The van der Waals surface area contributed by atoms with Gasteiger partial charge in [0.05, 0.1) is 6.61 Å². The van der Waals surface area contributed by atoms with Gasteiger partial charge in [0.1, 0.15) is 18.0 Å². The lowest BCUT2D eigenvalue weighted by Crippen LogP contribution is -2.37. The van der Waals surface area contributed by atoms with E-state index in [0.29, 0.717) is 13.2 Å². The van der Waals surface area contributed by atoms with Crippen molar-refractivity contribution in [3.63, 3.8) is 0 Å². The highest BCUT2D eigenvalue weighted by Crippen LogP contribution is 2.32. The quantitative estimate of drug-likeness (QED) is 0.939. The minimum Gasteiger partial charge on any atom is -0.490 e. The van der Waals surface area contributed by atoms with Crippen molar-refractivity contribution >= 4 is 0 Å². The minimum atomic E-state index is -0.382. The van der Waals surface area contributed by atoms with Crippen LogP contribution in [-0.2, 0) is 10.3 Å². The van der Waals surface area contributed by atoms with Gasteiger partial charge < -0.3 is 14.8 Å². The molecule has 2 aromatic carbocycles. The third-order valence-electron chi connectivity index (χ3n) is 4.22. The van der Waals surface area contributed by atoms with Crippen molar-refractivity contribution in [1.29, 1.82) is 0 Å². The Morgan fingerprint density at radius 1 is 1.05 bits per heavy atom. The topological polar surface area (TPSA) is 30.5 Å². The van der Waals surface area contributed by atoms with E-state index in [0.717, 1.165) is 30.8 Å². The van der Waals surface area contributed by atoms with Gasteiger partial charge in [-0.2, -0.15) is 0 Å². The van der Waals surface area contributed by atoms with E-state index in [4.69, 9.17) is 9.47 Å². The summed E-state index contributed by atoms with van der Waals surface area (Å²) in [5.74, 6) is 0.929. The van der Waals surface area contributed by atoms with Crippen molar-refractivity contribution in [2.75, 3.05) is 26.3 Å². The second-order valence-electron chi connectivity index (χ2n) is 5.76. The molecule has 1 heterocycles. The number of ether oxygens (including phenoxy) is 2. The molecule has 1 aliphatic rings. The summed E-state index contributed by atoms with van der Waals surface area (Å²) in [5, 5.41) is 3.40. The van der Waals surface area contributed by atoms with Crippen LogP contribution in [0.5, 0.6) is 5.75 Å². The van der Waals surface area contributed by atoms with Crippen LogP contribution < -0.4 is 10.1 Å². The van der Waals surface area contributed by atoms with Crippen LogP contribution >= 0.6 is 0 Å². The summed E-state index contributed by atoms with van der Waals surface area (Å²) < 4.78 is 12.4. The van der Waals surface area contributed by atoms with Gasteiger partial charge in [-0.1, -0.05) is 48.5 Å². The van der Waals surface area contributed by atoms with Crippen molar-refractivity contribution in [3.8, 4) is 5.75 Å². The zero-order valence-corrected chi connectivity index (χ0v) is 13.0. The summed E-state index contributed by atoms with van der Waals surface area (Å²) >= 11 is 0. The standard InChI is InChI=1S/C19H23NO2/c1-16-7-5-6-10-18(16)21-15-19(11-12-20-13-14-22-19)17-8-3-2-4-9-17/h2-10,20H,11-15H2,1H3. The van der Waals surface area contributed by atoms with E-state index in [1.165, 1.54) is 5.56 Å². The van der Waals surface area contributed by atoms with Gasteiger partial charge in [0.25, 0.3) is 0 Å². The van der Waals surface area contributed by atoms with Crippen LogP contribution in [0.4, 0.5) is 0 Å². The number of para-hydroxylation sites is 1. The highest BCUT2D eigenvalue weighted by atomic mass is 16.5. The summed E-state index contributed by atoms with van der Waals surface area (Å²) in [6.45, 7) is 5.13. The summed E-state index contributed by atoms with van der Waals surface area (Å²) in [7, 11) is 0. The smallest absolute Gasteiger partial charge is 0.128 e. The maximum atomic E-state index is 6.25. The molecule has 0 amide bonds. The maximum absolute atomic E-state index is 6.25. The van der Waals surface area contributed by atoms with Gasteiger partial charge in [0.2, 0.25) is 0 Å². The van der Waals surface area contributed by atoms with Gasteiger partial charge in [-0.05, 0) is 37.1 Å². The molecule has 1 N–H and O–H groups in total. The summed E-state index contributed by atoms with van der Waals surface area (Å²) in [5.41, 5.74) is 1.96. The molecule has 1 fully saturated rings. The SMILES string of the molecule is Cc1ccccc1OCC1(c2ccccc2)CCNCCO1. The molecule has 0 radical (unpaired) electrons. The normalized spacial score (nSPS) is 22.0. The Labute approximate surface area is 132 Å². The molecule has 0 aromatic heterocycles. The van der Waals surface area contributed by atoms with Gasteiger partial charge in [0, 0.05) is 6.54 Å². The Hall–Kier alpha value is -1.84. The van der Waals surface area contributed by atoms with E-state index in [1.54, 1.807) is 0 Å². The second-order valence-corrected chi connectivity index (χ2v) is 5.76. The van der Waals surface area contributed by atoms with Crippen LogP contribution in [0.1, 0.15) is 17.5 Å². The first-order valence-corrected chi connectivity index (χ1v) is 7.89. The van der Waals surface area contributed by atoms with E-state index >= 15 is 0 Å². The van der Waals surface area contributed by atoms with E-state index < -0.39 is 0 Å². The van der Waals surface area contributed by atoms with Crippen molar-refractivity contribution < 1.29 is 9.47 Å². The Balaban J connectivity index is 1.84. The lowest BCUT2D eigenvalue weighted by molar-refractivity contribution is -0.0725. The van der Waals surface area contributed by atoms with Crippen LogP contribution in [0, 0.1) is 6.92 Å². The molecule has 116 valence electrons. The molecule has 22 heavy (non-hydrogen) atoms. The third-order valence-corrected chi connectivity index (χ3v) is 4.22. The van der Waals surface area contributed by atoms with E-state index in [2.05, 4.69) is 42.6 Å². The molecule has 3 heteroatoms. The molecule has 0 aliphatic carbocycles. The van der Waals surface area contributed by atoms with Gasteiger partial charge in [0.15, 0.2) is 0 Å². The number of hydrogen-bond acceptors (Lipinski definition) is 3. The van der Waals surface area contributed by atoms with Crippen LogP contribution in [0.25, 0.3) is 0 Å². The number of aryl methyl sites for hydroxylation is 1. The van der Waals surface area contributed by atoms with Crippen LogP contribution in [0.15, 0.2) is 54.6 Å². The zero-order chi connectivity index (χ0) is 15.3. The second kappa shape index (κ2) is 6.95. The van der Waals surface area contributed by atoms with Gasteiger partial charge in [-0.15, -0.1) is 0 Å². The molecule has 1 unspecified atom stereocenters. The average Bonchev–Trinajstić information content (AvgIpc) is 2.82. The monoisotopic (exact) mass is 297 g/mol. The number of hydrogen-bond donors (Lipinski definition) is 1. The van der Waals surface area contributed by atoms with E-state index in [1.807, 2.05) is 24.3 Å². The van der Waals surface area contributed by atoms with Gasteiger partial charge in [-0.3, -0.25) is 0 Å². The zero-order valence-electron chi connectivity index (χ0n) is 13.0. The fraction of sp³-hybridized carbons (Fsp3) is 0.368. The van der Waals surface area contributed by atoms with Gasteiger partial charge in [-0.25, -0.2) is 0 Å². The molecule has 0 spiro atoms. The van der Waals surface area contributed by atoms with E-state index in [9.17, 15) is 0 Å². The number of benzene rings is 2. The molecule has 1 atom stereocenters. The Bertz CT molecular complexity index is 589. The molecule has 0 bridgehead atoms. The minimum absolute atomic E-state index is 0.382.